The number of nitrogens with zero attached hydrogens (tertiary/aromatic N) is 2. The highest BCUT2D eigenvalue weighted by Gasteiger charge is 2.31. The third-order valence-electron chi connectivity index (χ3n) is 6.42. The van der Waals surface area contributed by atoms with E-state index in [-0.39, 0.29) is 17.4 Å². The number of anilines is 1. The smallest absolute Gasteiger partial charge is 0.410 e. The molecule has 3 heterocycles. The number of urea groups is 1. The number of hydrogen-bond acceptors (Lipinski definition) is 6. The van der Waals surface area contributed by atoms with Crippen LogP contribution in [-0.2, 0) is 4.74 Å². The Morgan fingerprint density at radius 1 is 0.950 bits per heavy atom. The first-order valence-corrected chi connectivity index (χ1v) is 13.8. The number of para-hydroxylation sites is 1. The van der Waals surface area contributed by atoms with Crippen molar-refractivity contribution in [3.8, 4) is 5.69 Å². The van der Waals surface area contributed by atoms with Crippen LogP contribution in [0.4, 0.5) is 14.6 Å². The molecule has 4 aromatic rings. The summed E-state index contributed by atoms with van der Waals surface area (Å²) < 4.78 is 6.98. The number of ether oxygens (including phenoxy) is 1. The number of fused-ring (bicyclic) bond motifs is 1. The second-order valence-electron chi connectivity index (χ2n) is 10.6. The van der Waals surface area contributed by atoms with Gasteiger partial charge in [0.25, 0.3) is 5.56 Å². The van der Waals surface area contributed by atoms with E-state index in [9.17, 15) is 19.2 Å². The number of pyridine rings is 1. The second kappa shape index (κ2) is 11.0. The summed E-state index contributed by atoms with van der Waals surface area (Å²) in [5.74, 6) is -0.266. The molecule has 0 radical (unpaired) electrons. The van der Waals surface area contributed by atoms with Crippen molar-refractivity contribution >= 4 is 44.5 Å². The zero-order valence-corrected chi connectivity index (χ0v) is 23.3. The molecule has 1 aliphatic rings. The van der Waals surface area contributed by atoms with Crippen LogP contribution in [0.15, 0.2) is 77.6 Å². The van der Waals surface area contributed by atoms with E-state index < -0.39 is 17.7 Å². The Hall–Kier alpha value is -4.44. The minimum absolute atomic E-state index is 0.247. The third-order valence-corrected chi connectivity index (χ3v) is 7.53. The van der Waals surface area contributed by atoms with E-state index in [1.54, 1.807) is 60.6 Å². The average molecular weight is 559 g/mol. The van der Waals surface area contributed by atoms with E-state index in [0.29, 0.717) is 51.5 Å². The molecule has 1 saturated heterocycles. The van der Waals surface area contributed by atoms with Gasteiger partial charge in [-0.05, 0) is 45.4 Å². The number of thiophene rings is 1. The second-order valence-corrected chi connectivity index (χ2v) is 11.6. The number of ketones is 1. The Balaban J connectivity index is 1.46. The van der Waals surface area contributed by atoms with Crippen molar-refractivity contribution in [1.29, 1.82) is 0 Å². The van der Waals surface area contributed by atoms with Crippen LogP contribution in [0.25, 0.3) is 15.9 Å². The molecule has 10 heteroatoms. The summed E-state index contributed by atoms with van der Waals surface area (Å²) in [4.78, 5) is 54.4. The fraction of sp³-hybridized carbons (Fsp3) is 0.267. The first-order valence-electron chi connectivity index (χ1n) is 13.0. The Morgan fingerprint density at radius 3 is 2.30 bits per heavy atom. The van der Waals surface area contributed by atoms with Crippen LogP contribution in [0.5, 0.6) is 0 Å². The molecule has 2 N–H and O–H groups in total. The predicted molar refractivity (Wildman–Crippen MR) is 156 cm³/mol. The molecule has 5 rings (SSSR count). The van der Waals surface area contributed by atoms with E-state index in [1.165, 1.54) is 17.4 Å². The van der Waals surface area contributed by atoms with Crippen LogP contribution in [0.1, 0.15) is 43.1 Å². The largest absolute Gasteiger partial charge is 0.444 e. The molecule has 40 heavy (non-hydrogen) atoms. The van der Waals surface area contributed by atoms with E-state index >= 15 is 0 Å². The minimum atomic E-state index is -0.608. The van der Waals surface area contributed by atoms with Gasteiger partial charge in [0.1, 0.15) is 15.4 Å². The summed E-state index contributed by atoms with van der Waals surface area (Å²) in [5.41, 5.74) is 0.577. The Kier molecular flexibility index (Phi) is 7.44. The molecule has 9 nitrogen and oxygen atoms in total. The number of aromatic nitrogens is 1. The molecule has 1 atom stereocenters. The fourth-order valence-corrected chi connectivity index (χ4v) is 5.85. The number of likely N-dealkylation sites (tertiary alicyclic amines) is 1. The summed E-state index contributed by atoms with van der Waals surface area (Å²) in [7, 11) is 0. The monoisotopic (exact) mass is 558 g/mol. The van der Waals surface area contributed by atoms with Gasteiger partial charge in [0.15, 0.2) is 5.78 Å². The normalized spacial score (nSPS) is 15.2. The van der Waals surface area contributed by atoms with Gasteiger partial charge in [0, 0.05) is 36.1 Å². The van der Waals surface area contributed by atoms with Crippen LogP contribution in [-0.4, -0.2) is 52.1 Å². The van der Waals surface area contributed by atoms with E-state index in [2.05, 4.69) is 10.6 Å². The number of benzene rings is 2. The molecule has 2 aromatic heterocycles. The summed E-state index contributed by atoms with van der Waals surface area (Å²) >= 11 is 1.17. The van der Waals surface area contributed by atoms with Gasteiger partial charge in [-0.3, -0.25) is 19.5 Å². The number of carbonyl (C=O) groups excluding carboxylic acids is 3. The SMILES string of the molecule is CC(C)(C)OC(=O)N1CC[C@H](NC(=O)Nc2sc3c(ccc(=O)n3-c3ccccc3)c2C(=O)c2ccccc2)C1. The van der Waals surface area contributed by atoms with Gasteiger partial charge < -0.3 is 15.0 Å². The molecule has 1 fully saturated rings. The van der Waals surface area contributed by atoms with Gasteiger partial charge in [-0.2, -0.15) is 0 Å². The van der Waals surface area contributed by atoms with Crippen LogP contribution >= 0.6 is 11.3 Å². The van der Waals surface area contributed by atoms with Crippen molar-refractivity contribution in [2.24, 2.45) is 0 Å². The highest BCUT2D eigenvalue weighted by molar-refractivity contribution is 7.23. The maximum Gasteiger partial charge on any atom is 0.410 e. The van der Waals surface area contributed by atoms with E-state index in [0.717, 1.165) is 0 Å². The van der Waals surface area contributed by atoms with Gasteiger partial charge >= 0.3 is 12.1 Å². The molecular weight excluding hydrogens is 528 g/mol. The van der Waals surface area contributed by atoms with Crippen molar-refractivity contribution in [3.63, 3.8) is 0 Å². The third kappa shape index (κ3) is 5.76. The fourth-order valence-electron chi connectivity index (χ4n) is 4.65. The lowest BCUT2D eigenvalue weighted by Crippen LogP contribution is -2.41. The summed E-state index contributed by atoms with van der Waals surface area (Å²) in [6.07, 6.45) is 0.152. The van der Waals surface area contributed by atoms with Gasteiger partial charge in [-0.15, -0.1) is 0 Å². The van der Waals surface area contributed by atoms with Crippen LogP contribution < -0.4 is 16.2 Å². The zero-order chi connectivity index (χ0) is 28.4. The number of hydrogen-bond donors (Lipinski definition) is 2. The Bertz CT molecular complexity index is 1620. The highest BCUT2D eigenvalue weighted by atomic mass is 32.1. The maximum atomic E-state index is 13.7. The standard InChI is InChI=1S/C30H30N4O5S/c1-30(2,3)39-29(38)33-17-16-20(18-33)31-28(37)32-26-24(25(36)19-10-6-4-7-11-19)22-14-15-23(35)34(27(22)40-26)21-12-8-5-9-13-21/h4-15,20H,16-18H2,1-3H3,(H2,31,32,37)/t20-/m0/s1. The Morgan fingerprint density at radius 2 is 1.62 bits per heavy atom. The minimum Gasteiger partial charge on any atom is -0.444 e. The average Bonchev–Trinajstić information content (AvgIpc) is 3.52. The van der Waals surface area contributed by atoms with Crippen LogP contribution in [0.2, 0.25) is 0 Å². The van der Waals surface area contributed by atoms with Gasteiger partial charge in [-0.1, -0.05) is 59.9 Å². The van der Waals surface area contributed by atoms with Gasteiger partial charge in [-0.25, -0.2) is 9.59 Å². The van der Waals surface area contributed by atoms with Gasteiger partial charge in [0.05, 0.1) is 11.3 Å². The molecule has 2 aromatic carbocycles. The lowest BCUT2D eigenvalue weighted by atomic mass is 10.0. The molecule has 206 valence electrons. The molecule has 0 aliphatic carbocycles. The molecule has 3 amide bonds. The van der Waals surface area contributed by atoms with Crippen LogP contribution in [0.3, 0.4) is 0 Å². The molecular formula is C30H30N4O5S. The molecule has 0 bridgehead atoms. The van der Waals surface area contributed by atoms with Crippen molar-refractivity contribution in [2.75, 3.05) is 18.4 Å². The van der Waals surface area contributed by atoms with E-state index in [4.69, 9.17) is 4.74 Å². The quantitative estimate of drug-likeness (QED) is 0.318. The molecule has 0 saturated carbocycles. The van der Waals surface area contributed by atoms with Crippen molar-refractivity contribution in [2.45, 2.75) is 38.8 Å². The number of rotatable bonds is 5. The Labute approximate surface area is 235 Å². The first kappa shape index (κ1) is 27.1. The number of carbonyl (C=O) groups is 3. The maximum absolute atomic E-state index is 13.7. The number of amides is 3. The zero-order valence-electron chi connectivity index (χ0n) is 22.5. The first-order chi connectivity index (χ1) is 19.1. The number of nitrogens with one attached hydrogen (secondary N) is 2. The molecule has 0 spiro atoms. The van der Waals surface area contributed by atoms with Crippen molar-refractivity contribution in [3.05, 3.63) is 94.3 Å². The topological polar surface area (TPSA) is 110 Å². The van der Waals surface area contributed by atoms with Crippen LogP contribution in [0, 0.1) is 0 Å². The highest BCUT2D eigenvalue weighted by Crippen LogP contribution is 2.37. The summed E-state index contributed by atoms with van der Waals surface area (Å²) in [5, 5.41) is 6.66. The van der Waals surface area contributed by atoms with E-state index in [1.807, 2.05) is 36.4 Å². The molecule has 1 aliphatic heterocycles. The predicted octanol–water partition coefficient (Wildman–Crippen LogP) is 5.41. The summed E-state index contributed by atoms with van der Waals surface area (Å²) in [6.45, 7) is 6.20. The van der Waals surface area contributed by atoms with Crippen molar-refractivity contribution < 1.29 is 19.1 Å². The van der Waals surface area contributed by atoms with Crippen molar-refractivity contribution in [1.82, 2.24) is 14.8 Å². The lowest BCUT2D eigenvalue weighted by Gasteiger charge is -2.24. The molecule has 0 unspecified atom stereocenters. The summed E-state index contributed by atoms with van der Waals surface area (Å²) in [6, 6.07) is 20.2. The van der Waals surface area contributed by atoms with Gasteiger partial charge in [0.2, 0.25) is 0 Å². The lowest BCUT2D eigenvalue weighted by molar-refractivity contribution is 0.0291.